The lowest BCUT2D eigenvalue weighted by molar-refractivity contribution is -0.870. The highest BCUT2D eigenvalue weighted by Gasteiger charge is 2.22. The number of carbonyl (C=O) groups excluding carboxylic acids is 3. The van der Waals surface area contributed by atoms with Crippen LogP contribution in [0.25, 0.3) is 0 Å². The average molecular weight is 874 g/mol. The van der Waals surface area contributed by atoms with Crippen molar-refractivity contribution < 1.29 is 42.9 Å². The van der Waals surface area contributed by atoms with E-state index in [9.17, 15) is 19.5 Å². The lowest BCUT2D eigenvalue weighted by atomic mass is 10.0. The maximum absolute atomic E-state index is 12.8. The number of ether oxygens (including phenoxy) is 4. The van der Waals surface area contributed by atoms with Gasteiger partial charge >= 0.3 is 11.9 Å². The van der Waals surface area contributed by atoms with Gasteiger partial charge in [0.15, 0.2) is 12.4 Å². The fourth-order valence-electron chi connectivity index (χ4n) is 6.94. The van der Waals surface area contributed by atoms with Crippen molar-refractivity contribution in [3.05, 3.63) is 48.6 Å². The smallest absolute Gasteiger partial charge is 0.306 e. The molecule has 0 spiro atoms. The Kier molecular flexibility index (Phi) is 42.9. The van der Waals surface area contributed by atoms with E-state index in [-0.39, 0.29) is 32.2 Å². The fourth-order valence-corrected chi connectivity index (χ4v) is 6.94. The van der Waals surface area contributed by atoms with Gasteiger partial charge in [0.1, 0.15) is 13.2 Å². The van der Waals surface area contributed by atoms with Gasteiger partial charge in [-0.1, -0.05) is 197 Å². The molecule has 0 aliphatic carbocycles. The Morgan fingerprint density at radius 1 is 0.500 bits per heavy atom. The van der Waals surface area contributed by atoms with Gasteiger partial charge in [0.05, 0.1) is 40.3 Å². The minimum Gasteiger partial charge on any atom is -0.545 e. The maximum atomic E-state index is 12.8. The molecule has 0 aliphatic rings. The van der Waals surface area contributed by atoms with Gasteiger partial charge in [-0.2, -0.15) is 0 Å². The molecule has 0 rings (SSSR count). The summed E-state index contributed by atoms with van der Waals surface area (Å²) in [7, 11) is 5.91. The van der Waals surface area contributed by atoms with E-state index in [1.54, 1.807) is 0 Å². The number of hydrogen-bond acceptors (Lipinski definition) is 8. The van der Waals surface area contributed by atoms with Crippen LogP contribution < -0.4 is 5.11 Å². The van der Waals surface area contributed by atoms with Crippen molar-refractivity contribution in [1.29, 1.82) is 0 Å². The Morgan fingerprint density at radius 3 is 1.37 bits per heavy atom. The zero-order valence-electron chi connectivity index (χ0n) is 40.7. The summed E-state index contributed by atoms with van der Waals surface area (Å²) in [6.45, 7) is 4.64. The van der Waals surface area contributed by atoms with Crippen molar-refractivity contribution in [3.8, 4) is 0 Å². The molecule has 0 aromatic heterocycles. The van der Waals surface area contributed by atoms with Crippen LogP contribution in [0.1, 0.15) is 213 Å². The number of rotatable bonds is 46. The number of hydrogen-bond donors (Lipinski definition) is 0. The van der Waals surface area contributed by atoms with Crippen molar-refractivity contribution in [2.75, 3.05) is 47.5 Å². The fraction of sp³-hybridized carbons (Fsp3) is 0.792. The molecule has 0 fully saturated rings. The van der Waals surface area contributed by atoms with Crippen LogP contribution in [0.15, 0.2) is 48.6 Å². The molecular weight excluding hydrogens is 779 g/mol. The van der Waals surface area contributed by atoms with Crippen molar-refractivity contribution >= 4 is 17.9 Å². The first-order valence-corrected chi connectivity index (χ1v) is 25.3. The molecule has 0 aliphatic heterocycles. The molecule has 0 aromatic rings. The molecule has 0 radical (unpaired) electrons. The molecule has 9 nitrogen and oxygen atoms in total. The van der Waals surface area contributed by atoms with Gasteiger partial charge in [0.25, 0.3) is 0 Å². The van der Waals surface area contributed by atoms with Crippen LogP contribution in [-0.2, 0) is 33.3 Å². The summed E-state index contributed by atoms with van der Waals surface area (Å²) in [5.41, 5.74) is 0. The van der Waals surface area contributed by atoms with Crippen LogP contribution in [0.2, 0.25) is 0 Å². The van der Waals surface area contributed by atoms with Crippen molar-refractivity contribution in [3.63, 3.8) is 0 Å². The second-order valence-corrected chi connectivity index (χ2v) is 18.1. The molecular formula is C53H95NO8. The van der Waals surface area contributed by atoms with Gasteiger partial charge in [-0.05, 0) is 51.4 Å². The quantitative estimate of drug-likeness (QED) is 0.0195. The maximum Gasteiger partial charge on any atom is 0.306 e. The number of unbranched alkanes of at least 4 members (excludes halogenated alkanes) is 23. The van der Waals surface area contributed by atoms with Gasteiger partial charge in [0, 0.05) is 12.8 Å². The standard InChI is InChI=1S/C53H95NO8/c1-6-8-10-12-14-16-18-20-22-24-25-26-27-28-30-32-34-36-38-40-42-44-51(56)62-49(48-61-53(52(57)58)59-46-45-54(3,4)5)47-60-50(55)43-41-39-37-35-33-31-29-23-21-19-17-15-13-11-9-7-2/h8,10,14,16,20,22,25-26,49,53H,6-7,9,11-13,15,17-19,21,23-24,27-48H2,1-5H3/b10-8-,16-14-,22-20-,26-25-. The minimum atomic E-state index is -1.62. The average Bonchev–Trinajstić information content (AvgIpc) is 3.23. The van der Waals surface area contributed by atoms with E-state index >= 15 is 0 Å². The number of carboxylic acids is 1. The van der Waals surface area contributed by atoms with Crippen molar-refractivity contribution in [1.82, 2.24) is 0 Å². The number of likely N-dealkylation sites (N-methyl/N-ethyl adjacent to an activating group) is 1. The third-order valence-corrected chi connectivity index (χ3v) is 10.8. The largest absolute Gasteiger partial charge is 0.545 e. The van der Waals surface area contributed by atoms with Crippen molar-refractivity contribution in [2.24, 2.45) is 0 Å². The highest BCUT2D eigenvalue weighted by Crippen LogP contribution is 2.15. The SMILES string of the molecule is CC/C=C\C/C=C\C/C=C\C/C=C\CCCCCCCCCCC(=O)OC(COC(=O)CCCCCCCCCCCCCCCCCC)COC(OCC[N+](C)(C)C)C(=O)[O-]. The number of aliphatic carboxylic acids is 1. The summed E-state index contributed by atoms with van der Waals surface area (Å²) in [5, 5.41) is 11.7. The third-order valence-electron chi connectivity index (χ3n) is 10.8. The van der Waals surface area contributed by atoms with E-state index in [1.165, 1.54) is 109 Å². The lowest BCUT2D eigenvalue weighted by Crippen LogP contribution is -2.44. The minimum absolute atomic E-state index is 0.146. The normalized spacial score (nSPS) is 13.2. The van der Waals surface area contributed by atoms with E-state index in [1.807, 2.05) is 21.1 Å². The Morgan fingerprint density at radius 2 is 0.919 bits per heavy atom. The molecule has 0 bridgehead atoms. The number of quaternary nitrogens is 1. The zero-order chi connectivity index (χ0) is 45.6. The monoisotopic (exact) mass is 874 g/mol. The van der Waals surface area contributed by atoms with Gasteiger partial charge < -0.3 is 33.3 Å². The molecule has 0 heterocycles. The van der Waals surface area contributed by atoms with E-state index in [2.05, 4.69) is 62.5 Å². The van der Waals surface area contributed by atoms with Crippen LogP contribution in [0, 0.1) is 0 Å². The summed E-state index contributed by atoms with van der Waals surface area (Å²) in [5.74, 6) is -2.29. The summed E-state index contributed by atoms with van der Waals surface area (Å²) in [6, 6.07) is 0. The summed E-state index contributed by atoms with van der Waals surface area (Å²) in [4.78, 5) is 37.1. The number of carboxylic acid groups (broad SMARTS) is 1. The number of nitrogens with zero attached hydrogens (tertiary/aromatic N) is 1. The Balaban J connectivity index is 4.36. The van der Waals surface area contributed by atoms with Crippen LogP contribution in [0.4, 0.5) is 0 Å². The Hall–Kier alpha value is -2.75. The van der Waals surface area contributed by atoms with Gasteiger partial charge in [0.2, 0.25) is 0 Å². The zero-order valence-corrected chi connectivity index (χ0v) is 40.7. The molecule has 62 heavy (non-hydrogen) atoms. The van der Waals surface area contributed by atoms with Gasteiger partial charge in [-0.25, -0.2) is 0 Å². The second-order valence-electron chi connectivity index (χ2n) is 18.1. The predicted octanol–water partition coefficient (Wildman–Crippen LogP) is 12.6. The highest BCUT2D eigenvalue weighted by atomic mass is 16.7. The first-order chi connectivity index (χ1) is 30.1. The van der Waals surface area contributed by atoms with Crippen LogP contribution in [-0.4, -0.2) is 82.3 Å². The third kappa shape index (κ3) is 45.3. The Labute approximate surface area is 381 Å². The molecule has 360 valence electrons. The van der Waals surface area contributed by atoms with Gasteiger partial charge in [-0.3, -0.25) is 9.59 Å². The Bertz CT molecular complexity index is 1160. The molecule has 2 unspecified atom stereocenters. The lowest BCUT2D eigenvalue weighted by Gasteiger charge is -2.26. The molecule has 0 saturated heterocycles. The molecule has 0 amide bonds. The summed E-state index contributed by atoms with van der Waals surface area (Å²) in [6.07, 6.45) is 49.9. The van der Waals surface area contributed by atoms with Crippen LogP contribution in [0.5, 0.6) is 0 Å². The first kappa shape index (κ1) is 59.2. The predicted molar refractivity (Wildman–Crippen MR) is 255 cm³/mol. The van der Waals surface area contributed by atoms with E-state index in [0.29, 0.717) is 23.9 Å². The summed E-state index contributed by atoms with van der Waals surface area (Å²) < 4.78 is 22.6. The molecule has 0 N–H and O–H groups in total. The highest BCUT2D eigenvalue weighted by molar-refractivity contribution is 5.70. The number of esters is 2. The molecule has 9 heteroatoms. The summed E-state index contributed by atoms with van der Waals surface area (Å²) >= 11 is 0. The molecule has 0 saturated carbocycles. The molecule has 2 atom stereocenters. The first-order valence-electron chi connectivity index (χ1n) is 25.3. The second kappa shape index (κ2) is 44.8. The van der Waals surface area contributed by atoms with Crippen molar-refractivity contribution in [2.45, 2.75) is 225 Å². The van der Waals surface area contributed by atoms with Gasteiger partial charge in [-0.15, -0.1) is 0 Å². The molecule has 0 aromatic carbocycles. The van der Waals surface area contributed by atoms with Crippen LogP contribution >= 0.6 is 0 Å². The number of allylic oxidation sites excluding steroid dienone is 8. The topological polar surface area (TPSA) is 111 Å². The van der Waals surface area contributed by atoms with E-state index in [4.69, 9.17) is 18.9 Å². The number of carbonyl (C=O) groups is 3. The van der Waals surface area contributed by atoms with E-state index in [0.717, 1.165) is 70.6 Å². The van der Waals surface area contributed by atoms with Crippen LogP contribution in [0.3, 0.4) is 0 Å². The van der Waals surface area contributed by atoms with E-state index < -0.39 is 24.3 Å².